The number of nitrogens with zero attached hydrogens (tertiary/aromatic N) is 2. The summed E-state index contributed by atoms with van der Waals surface area (Å²) >= 11 is 0. The molecule has 1 saturated carbocycles. The lowest BCUT2D eigenvalue weighted by atomic mass is 9.83. The first kappa shape index (κ1) is 26.9. The molecular weight excluding hydrogens is 390 g/mol. The normalized spacial score (nSPS) is 26.6. The summed E-state index contributed by atoms with van der Waals surface area (Å²) in [6.45, 7) is 24.7. The van der Waals surface area contributed by atoms with Crippen molar-refractivity contribution in [1.29, 1.82) is 0 Å². The van der Waals surface area contributed by atoms with Gasteiger partial charge in [-0.1, -0.05) is 70.6 Å². The summed E-state index contributed by atoms with van der Waals surface area (Å²) < 4.78 is 0. The van der Waals surface area contributed by atoms with E-state index in [1.54, 1.807) is 5.57 Å². The molecule has 2 rings (SSSR count). The molecule has 3 nitrogen and oxygen atoms in total. The summed E-state index contributed by atoms with van der Waals surface area (Å²) in [6.07, 6.45) is 14.0. The molecule has 3 atom stereocenters. The van der Waals surface area contributed by atoms with E-state index in [2.05, 4.69) is 76.7 Å². The number of rotatable bonds is 12. The topological polar surface area (TPSA) is 32.5 Å². The Morgan fingerprint density at radius 2 is 1.75 bits per heavy atom. The molecule has 0 radical (unpaired) electrons. The van der Waals surface area contributed by atoms with Crippen LogP contribution in [0.3, 0.4) is 0 Å². The first-order valence-corrected chi connectivity index (χ1v) is 13.2. The van der Waals surface area contributed by atoms with Crippen molar-refractivity contribution in [2.75, 3.05) is 13.1 Å². The fourth-order valence-corrected chi connectivity index (χ4v) is 5.53. The zero-order valence-corrected chi connectivity index (χ0v) is 22.0. The Bertz CT molecular complexity index is 681. The molecule has 0 spiro atoms. The van der Waals surface area contributed by atoms with Crippen molar-refractivity contribution in [3.8, 4) is 0 Å². The minimum atomic E-state index is 0.388. The Labute approximate surface area is 199 Å². The first-order valence-electron chi connectivity index (χ1n) is 13.2. The molecule has 1 heterocycles. The Morgan fingerprint density at radius 1 is 1.09 bits per heavy atom. The Balaban J connectivity index is 2.26. The SMILES string of the molecule is C=C(/C=C(/C)CC)C(=C)N1CCC1CN(C1CCC(N)CC1)C(/C(=C/C)CC)C(C)CC. The fourth-order valence-electron chi connectivity index (χ4n) is 5.53. The van der Waals surface area contributed by atoms with Crippen LogP contribution >= 0.6 is 0 Å². The third-order valence-electron chi connectivity index (χ3n) is 8.17. The maximum absolute atomic E-state index is 6.29. The van der Waals surface area contributed by atoms with Gasteiger partial charge in [0.2, 0.25) is 0 Å². The standard InChI is InChI=1S/C29H51N3/c1-9-21(5)19-23(7)24(8)31-18-17-28(31)20-32(27-15-13-26(30)14-16-27)29(22(6)10-2)25(11-3)12-4/h11,19,22,26-29H,7-10,12-18,20,30H2,1-6H3/b21-19-,25-11+. The molecule has 2 fully saturated rings. The average Bonchev–Trinajstić information content (AvgIpc) is 2.77. The number of allylic oxidation sites excluding steroid dienone is 3. The van der Waals surface area contributed by atoms with E-state index in [1.807, 2.05) is 0 Å². The second-order valence-corrected chi connectivity index (χ2v) is 10.3. The molecule has 1 saturated heterocycles. The monoisotopic (exact) mass is 441 g/mol. The van der Waals surface area contributed by atoms with Gasteiger partial charge in [-0.25, -0.2) is 0 Å². The predicted octanol–water partition coefficient (Wildman–Crippen LogP) is 6.83. The van der Waals surface area contributed by atoms with E-state index in [4.69, 9.17) is 5.73 Å². The van der Waals surface area contributed by atoms with Crippen molar-refractivity contribution in [2.45, 2.75) is 117 Å². The molecule has 0 aromatic carbocycles. The molecule has 0 amide bonds. The van der Waals surface area contributed by atoms with Crippen molar-refractivity contribution < 1.29 is 0 Å². The molecule has 1 aliphatic heterocycles. The van der Waals surface area contributed by atoms with E-state index in [0.29, 0.717) is 30.1 Å². The maximum Gasteiger partial charge on any atom is 0.0434 e. The van der Waals surface area contributed by atoms with Crippen LogP contribution in [0.5, 0.6) is 0 Å². The molecule has 2 aliphatic rings. The third-order valence-corrected chi connectivity index (χ3v) is 8.17. The molecule has 1 aliphatic carbocycles. The van der Waals surface area contributed by atoms with Gasteiger partial charge in [-0.2, -0.15) is 0 Å². The molecular formula is C29H51N3. The van der Waals surface area contributed by atoms with Gasteiger partial charge >= 0.3 is 0 Å². The summed E-state index contributed by atoms with van der Waals surface area (Å²) in [4.78, 5) is 5.40. The quantitative estimate of drug-likeness (QED) is 0.266. The second kappa shape index (κ2) is 12.8. The highest BCUT2D eigenvalue weighted by Crippen LogP contribution is 2.35. The first-order chi connectivity index (χ1) is 15.3. The molecule has 3 unspecified atom stereocenters. The van der Waals surface area contributed by atoms with Gasteiger partial charge in [-0.15, -0.1) is 0 Å². The lowest BCUT2D eigenvalue weighted by molar-refractivity contribution is 0.0268. The van der Waals surface area contributed by atoms with Crippen LogP contribution in [0.15, 0.2) is 47.7 Å². The van der Waals surface area contributed by atoms with Crippen molar-refractivity contribution in [3.05, 3.63) is 47.7 Å². The highest BCUT2D eigenvalue weighted by atomic mass is 15.3. The van der Waals surface area contributed by atoms with Gasteiger partial charge in [0.25, 0.3) is 0 Å². The van der Waals surface area contributed by atoms with Crippen LogP contribution in [-0.2, 0) is 0 Å². The van der Waals surface area contributed by atoms with E-state index in [0.717, 1.165) is 50.0 Å². The van der Waals surface area contributed by atoms with Crippen LogP contribution < -0.4 is 5.73 Å². The summed E-state index contributed by atoms with van der Waals surface area (Å²) in [5.41, 5.74) is 11.4. The maximum atomic E-state index is 6.29. The lowest BCUT2D eigenvalue weighted by Gasteiger charge is -2.51. The van der Waals surface area contributed by atoms with Gasteiger partial charge in [0.05, 0.1) is 0 Å². The zero-order chi connectivity index (χ0) is 23.8. The molecule has 32 heavy (non-hydrogen) atoms. The van der Waals surface area contributed by atoms with Crippen LogP contribution in [0.4, 0.5) is 0 Å². The van der Waals surface area contributed by atoms with E-state index >= 15 is 0 Å². The van der Waals surface area contributed by atoms with Crippen LogP contribution in [0.2, 0.25) is 0 Å². The lowest BCUT2D eigenvalue weighted by Crippen LogP contribution is -2.58. The van der Waals surface area contributed by atoms with Gasteiger partial charge in [-0.3, -0.25) is 4.90 Å². The summed E-state index contributed by atoms with van der Waals surface area (Å²) in [7, 11) is 0. The third kappa shape index (κ3) is 6.60. The van der Waals surface area contributed by atoms with Gasteiger partial charge in [0, 0.05) is 43.0 Å². The van der Waals surface area contributed by atoms with Crippen LogP contribution in [0.1, 0.15) is 92.9 Å². The smallest absolute Gasteiger partial charge is 0.0434 e. The minimum Gasteiger partial charge on any atom is -0.367 e. The minimum absolute atomic E-state index is 0.388. The van der Waals surface area contributed by atoms with Crippen LogP contribution in [0.25, 0.3) is 0 Å². The highest BCUT2D eigenvalue weighted by molar-refractivity contribution is 5.37. The van der Waals surface area contributed by atoms with Crippen LogP contribution in [-0.4, -0.2) is 47.1 Å². The van der Waals surface area contributed by atoms with Crippen molar-refractivity contribution >= 4 is 0 Å². The Kier molecular flexibility index (Phi) is 10.8. The number of likely N-dealkylation sites (tertiary alicyclic amines) is 1. The zero-order valence-electron chi connectivity index (χ0n) is 22.0. The van der Waals surface area contributed by atoms with Gasteiger partial charge < -0.3 is 10.6 Å². The summed E-state index contributed by atoms with van der Waals surface area (Å²) in [6, 6.07) is 2.08. The molecule has 0 aromatic rings. The number of hydrogen-bond donors (Lipinski definition) is 1. The van der Waals surface area contributed by atoms with E-state index in [1.165, 1.54) is 31.3 Å². The van der Waals surface area contributed by atoms with Gasteiger partial charge in [0.1, 0.15) is 0 Å². The molecule has 0 aromatic heterocycles. The largest absolute Gasteiger partial charge is 0.367 e. The molecule has 0 bridgehead atoms. The van der Waals surface area contributed by atoms with Crippen LogP contribution in [0, 0.1) is 5.92 Å². The Hall–Kier alpha value is -1.32. The van der Waals surface area contributed by atoms with E-state index in [-0.39, 0.29) is 0 Å². The van der Waals surface area contributed by atoms with Crippen molar-refractivity contribution in [3.63, 3.8) is 0 Å². The Morgan fingerprint density at radius 3 is 2.22 bits per heavy atom. The molecule has 3 heteroatoms. The van der Waals surface area contributed by atoms with Crippen molar-refractivity contribution in [2.24, 2.45) is 11.7 Å². The van der Waals surface area contributed by atoms with Gasteiger partial charge in [-0.05, 0) is 70.3 Å². The van der Waals surface area contributed by atoms with Crippen molar-refractivity contribution in [1.82, 2.24) is 9.80 Å². The highest BCUT2D eigenvalue weighted by Gasteiger charge is 2.38. The fraction of sp³-hybridized carbons (Fsp3) is 0.724. The summed E-state index contributed by atoms with van der Waals surface area (Å²) in [5.74, 6) is 0.651. The van der Waals surface area contributed by atoms with E-state index in [9.17, 15) is 0 Å². The second-order valence-electron chi connectivity index (χ2n) is 10.3. The number of hydrogen-bond acceptors (Lipinski definition) is 3. The van der Waals surface area contributed by atoms with E-state index < -0.39 is 0 Å². The molecule has 2 N–H and O–H groups in total. The summed E-state index contributed by atoms with van der Waals surface area (Å²) in [5, 5.41) is 0. The molecule has 182 valence electrons. The van der Waals surface area contributed by atoms with Gasteiger partial charge in [0.15, 0.2) is 0 Å². The predicted molar refractivity (Wildman–Crippen MR) is 142 cm³/mol. The number of nitrogens with two attached hydrogens (primary N) is 1. The average molecular weight is 442 g/mol.